The van der Waals surface area contributed by atoms with E-state index in [1.165, 1.54) is 12.8 Å². The van der Waals surface area contributed by atoms with Gasteiger partial charge in [0.2, 0.25) is 0 Å². The molecule has 0 radical (unpaired) electrons. The van der Waals surface area contributed by atoms with E-state index in [1.54, 1.807) is 0 Å². The van der Waals surface area contributed by atoms with Crippen LogP contribution in [0.3, 0.4) is 0 Å². The number of anilines is 1. The number of rotatable bonds is 4. The zero-order valence-electron chi connectivity index (χ0n) is 12.3. The van der Waals surface area contributed by atoms with Gasteiger partial charge in [-0.15, -0.1) is 0 Å². The van der Waals surface area contributed by atoms with Gasteiger partial charge >= 0.3 is 0 Å². The third kappa shape index (κ3) is 3.08. The monoisotopic (exact) mass is 317 g/mol. The van der Waals surface area contributed by atoms with Crippen LogP contribution in [-0.2, 0) is 4.74 Å². The second kappa shape index (κ2) is 5.85. The van der Waals surface area contributed by atoms with Crippen LogP contribution < -0.4 is 10.6 Å². The van der Waals surface area contributed by atoms with Crippen molar-refractivity contribution in [3.8, 4) is 0 Å². The summed E-state index contributed by atoms with van der Waals surface area (Å²) in [6, 6.07) is 5.88. The molecule has 1 saturated heterocycles. The number of oxazole rings is 1. The molecule has 6 heteroatoms. The van der Waals surface area contributed by atoms with Gasteiger partial charge in [-0.3, -0.25) is 0 Å². The highest BCUT2D eigenvalue weighted by molar-refractivity contribution is 7.80. The zero-order valence-corrected chi connectivity index (χ0v) is 13.1. The second-order valence-electron chi connectivity index (χ2n) is 5.98. The van der Waals surface area contributed by atoms with Crippen LogP contribution in [0.5, 0.6) is 0 Å². The highest BCUT2D eigenvalue weighted by Crippen LogP contribution is 2.40. The summed E-state index contributed by atoms with van der Waals surface area (Å²) in [7, 11) is 0. The molecule has 0 amide bonds. The Kier molecular flexibility index (Phi) is 3.72. The fourth-order valence-corrected chi connectivity index (χ4v) is 2.92. The third-order valence-electron chi connectivity index (χ3n) is 4.10. The van der Waals surface area contributed by atoms with Crippen molar-refractivity contribution >= 4 is 34.1 Å². The van der Waals surface area contributed by atoms with E-state index < -0.39 is 0 Å². The van der Waals surface area contributed by atoms with Gasteiger partial charge in [0, 0.05) is 24.8 Å². The molecule has 2 aliphatic rings. The Hall–Kier alpha value is -1.66. The Morgan fingerprint density at radius 2 is 2.23 bits per heavy atom. The Morgan fingerprint density at radius 3 is 3.00 bits per heavy atom. The van der Waals surface area contributed by atoms with Crippen LogP contribution in [0.4, 0.5) is 5.69 Å². The highest BCUT2D eigenvalue weighted by atomic mass is 32.1. The molecule has 0 spiro atoms. The number of ether oxygens (including phenoxy) is 1. The minimum absolute atomic E-state index is 0.277. The topological polar surface area (TPSA) is 59.3 Å². The molecule has 1 aromatic heterocycles. The minimum Gasteiger partial charge on any atom is -0.440 e. The lowest BCUT2D eigenvalue weighted by Crippen LogP contribution is -2.34. The van der Waals surface area contributed by atoms with Crippen LogP contribution >= 0.6 is 12.2 Å². The predicted molar refractivity (Wildman–Crippen MR) is 89.2 cm³/mol. The fourth-order valence-electron chi connectivity index (χ4n) is 2.72. The molecule has 5 nitrogen and oxygen atoms in total. The van der Waals surface area contributed by atoms with E-state index in [4.69, 9.17) is 21.4 Å². The van der Waals surface area contributed by atoms with Crippen molar-refractivity contribution in [2.75, 3.05) is 18.5 Å². The molecule has 1 saturated carbocycles. The fraction of sp³-hybridized carbons (Fsp3) is 0.500. The maximum Gasteiger partial charge on any atom is 0.198 e. The molecule has 1 atom stereocenters. The highest BCUT2D eigenvalue weighted by Gasteiger charge is 2.28. The molecule has 0 unspecified atom stereocenters. The standard InChI is InChI=1S/C16H19N3O2S/c22-16(17-9-12-2-1-7-20-12)18-11-5-6-14-13(8-11)19-15(21-14)10-3-4-10/h5-6,8,10,12H,1-4,7,9H2,(H2,17,18,22)/t12-/m1/s1. The molecule has 1 aliphatic heterocycles. The summed E-state index contributed by atoms with van der Waals surface area (Å²) >= 11 is 5.33. The number of hydrogen-bond donors (Lipinski definition) is 2. The van der Waals surface area contributed by atoms with Crippen LogP contribution in [0.1, 0.15) is 37.5 Å². The maximum absolute atomic E-state index is 5.76. The van der Waals surface area contributed by atoms with Gasteiger partial charge < -0.3 is 19.8 Å². The average Bonchev–Trinajstić information content (AvgIpc) is 3.08. The number of aromatic nitrogens is 1. The van der Waals surface area contributed by atoms with Crippen molar-refractivity contribution in [1.82, 2.24) is 10.3 Å². The molecular weight excluding hydrogens is 298 g/mol. The van der Waals surface area contributed by atoms with Crippen LogP contribution in [0, 0.1) is 0 Å². The molecule has 2 fully saturated rings. The van der Waals surface area contributed by atoms with E-state index in [9.17, 15) is 0 Å². The average molecular weight is 317 g/mol. The van der Waals surface area contributed by atoms with Crippen molar-refractivity contribution in [2.24, 2.45) is 0 Å². The lowest BCUT2D eigenvalue weighted by atomic mass is 10.2. The van der Waals surface area contributed by atoms with Gasteiger partial charge in [0.1, 0.15) is 5.52 Å². The van der Waals surface area contributed by atoms with E-state index in [0.717, 1.165) is 48.7 Å². The summed E-state index contributed by atoms with van der Waals surface area (Å²) in [5.41, 5.74) is 2.65. The quantitative estimate of drug-likeness (QED) is 0.845. The Morgan fingerprint density at radius 1 is 1.32 bits per heavy atom. The van der Waals surface area contributed by atoms with Gasteiger partial charge in [-0.05, 0) is 56.1 Å². The Balaban J connectivity index is 1.38. The van der Waals surface area contributed by atoms with Crippen molar-refractivity contribution in [3.05, 3.63) is 24.1 Å². The third-order valence-corrected chi connectivity index (χ3v) is 4.35. The zero-order chi connectivity index (χ0) is 14.9. The lowest BCUT2D eigenvalue weighted by molar-refractivity contribution is 0.114. The number of nitrogens with zero attached hydrogens (tertiary/aromatic N) is 1. The smallest absolute Gasteiger partial charge is 0.198 e. The second-order valence-corrected chi connectivity index (χ2v) is 6.39. The first kappa shape index (κ1) is 14.0. The van der Waals surface area contributed by atoms with Crippen LogP contribution in [0.2, 0.25) is 0 Å². The van der Waals surface area contributed by atoms with Gasteiger partial charge in [0.15, 0.2) is 16.6 Å². The summed E-state index contributed by atoms with van der Waals surface area (Å²) in [5, 5.41) is 7.01. The molecule has 4 rings (SSSR count). The molecule has 0 bridgehead atoms. The predicted octanol–water partition coefficient (Wildman–Crippen LogP) is 3.17. The van der Waals surface area contributed by atoms with E-state index in [0.29, 0.717) is 11.0 Å². The summed E-state index contributed by atoms with van der Waals surface area (Å²) < 4.78 is 11.3. The van der Waals surface area contributed by atoms with Gasteiger partial charge in [-0.2, -0.15) is 0 Å². The van der Waals surface area contributed by atoms with E-state index >= 15 is 0 Å². The van der Waals surface area contributed by atoms with Gasteiger partial charge in [-0.25, -0.2) is 4.98 Å². The van der Waals surface area contributed by atoms with Gasteiger partial charge in [-0.1, -0.05) is 0 Å². The van der Waals surface area contributed by atoms with Crippen molar-refractivity contribution in [3.63, 3.8) is 0 Å². The van der Waals surface area contributed by atoms with Crippen molar-refractivity contribution in [1.29, 1.82) is 0 Å². The van der Waals surface area contributed by atoms with Gasteiger partial charge in [0.25, 0.3) is 0 Å². The van der Waals surface area contributed by atoms with Crippen LogP contribution in [0.15, 0.2) is 22.6 Å². The van der Waals surface area contributed by atoms with E-state index in [-0.39, 0.29) is 6.10 Å². The van der Waals surface area contributed by atoms with Crippen molar-refractivity contribution in [2.45, 2.75) is 37.7 Å². The van der Waals surface area contributed by atoms with Gasteiger partial charge in [0.05, 0.1) is 6.10 Å². The molecule has 1 aromatic carbocycles. The molecular formula is C16H19N3O2S. The Bertz CT molecular complexity index is 690. The number of nitrogens with one attached hydrogen (secondary N) is 2. The van der Waals surface area contributed by atoms with Crippen LogP contribution in [-0.4, -0.2) is 29.4 Å². The summed E-state index contributed by atoms with van der Waals surface area (Å²) in [5.74, 6) is 1.39. The lowest BCUT2D eigenvalue weighted by Gasteiger charge is -2.13. The number of fused-ring (bicyclic) bond motifs is 1. The first-order chi connectivity index (χ1) is 10.8. The molecule has 1 aliphatic carbocycles. The number of benzene rings is 1. The van der Waals surface area contributed by atoms with E-state index in [2.05, 4.69) is 15.6 Å². The molecule has 116 valence electrons. The van der Waals surface area contributed by atoms with Crippen LogP contribution in [0.25, 0.3) is 11.1 Å². The molecule has 2 heterocycles. The minimum atomic E-state index is 0.277. The number of thiocarbonyl (C=S) groups is 1. The number of hydrogen-bond acceptors (Lipinski definition) is 4. The first-order valence-corrected chi connectivity index (χ1v) is 8.26. The van der Waals surface area contributed by atoms with E-state index in [1.807, 2.05) is 18.2 Å². The summed E-state index contributed by atoms with van der Waals surface area (Å²) in [6.07, 6.45) is 4.90. The normalized spacial score (nSPS) is 21.2. The summed E-state index contributed by atoms with van der Waals surface area (Å²) in [6.45, 7) is 1.61. The Labute approximate surface area is 134 Å². The first-order valence-electron chi connectivity index (χ1n) is 7.85. The van der Waals surface area contributed by atoms with Crippen molar-refractivity contribution < 1.29 is 9.15 Å². The SMILES string of the molecule is S=C(NC[C@H]1CCCO1)Nc1ccc2oc(C3CC3)nc2c1. The molecule has 22 heavy (non-hydrogen) atoms. The summed E-state index contributed by atoms with van der Waals surface area (Å²) in [4.78, 5) is 4.56. The largest absolute Gasteiger partial charge is 0.440 e. The molecule has 2 aromatic rings. The molecule has 2 N–H and O–H groups in total. The maximum atomic E-state index is 5.76.